The Labute approximate surface area is 80.3 Å². The minimum absolute atomic E-state index is 0.391. The van der Waals surface area contributed by atoms with Gasteiger partial charge in [0.1, 0.15) is 0 Å². The van der Waals surface area contributed by atoms with Crippen molar-refractivity contribution in [3.8, 4) is 0 Å². The second-order valence-corrected chi connectivity index (χ2v) is 3.35. The molecule has 1 aromatic heterocycles. The molecule has 0 unspecified atom stereocenters. The number of alkyl halides is 1. The number of halogens is 3. The lowest BCUT2D eigenvalue weighted by Gasteiger charge is -1.97. The van der Waals surface area contributed by atoms with Crippen molar-refractivity contribution in [1.29, 1.82) is 0 Å². The lowest BCUT2D eigenvalue weighted by Crippen LogP contribution is -1.91. The first kappa shape index (κ1) is 8.39. The Morgan fingerprint density at radius 1 is 1.70 bits per heavy atom. The zero-order valence-corrected chi connectivity index (χ0v) is 8.69. The Morgan fingerprint density at radius 3 is 2.90 bits per heavy atom. The van der Waals surface area contributed by atoms with Crippen LogP contribution in [0.25, 0.3) is 0 Å². The molecule has 0 amide bonds. The molecule has 0 N–H and O–H groups in total. The third kappa shape index (κ3) is 1.66. The van der Waals surface area contributed by atoms with E-state index in [0.717, 1.165) is 5.56 Å². The van der Waals surface area contributed by atoms with Crippen molar-refractivity contribution >= 4 is 38.5 Å². The van der Waals surface area contributed by atoms with Gasteiger partial charge in [0.15, 0.2) is 0 Å². The van der Waals surface area contributed by atoms with E-state index in [1.807, 2.05) is 22.6 Å². The fourth-order valence-corrected chi connectivity index (χ4v) is 2.06. The Hall–Kier alpha value is 0.290. The molecule has 1 rings (SSSR count). The van der Waals surface area contributed by atoms with Crippen LogP contribution in [0.2, 0.25) is 0 Å². The standard InChI is InChI=1S/C6H4BrFIN/c7-3-4-1-2-10-6(8)5(4)9/h1-2H,3H2. The van der Waals surface area contributed by atoms with Gasteiger partial charge >= 0.3 is 0 Å². The van der Waals surface area contributed by atoms with E-state index >= 15 is 0 Å². The number of nitrogens with zero attached hydrogens (tertiary/aromatic N) is 1. The molecular weight excluding hydrogens is 312 g/mol. The molecule has 0 fully saturated rings. The van der Waals surface area contributed by atoms with E-state index in [-0.39, 0.29) is 0 Å². The second-order valence-electron chi connectivity index (χ2n) is 1.71. The number of pyridine rings is 1. The molecule has 0 saturated heterocycles. The van der Waals surface area contributed by atoms with Gasteiger partial charge in [-0.1, -0.05) is 15.9 Å². The molecule has 1 aromatic rings. The molecule has 0 saturated carbocycles. The van der Waals surface area contributed by atoms with Gasteiger partial charge in [-0.2, -0.15) is 4.39 Å². The largest absolute Gasteiger partial charge is 0.227 e. The van der Waals surface area contributed by atoms with Crippen molar-refractivity contribution in [3.63, 3.8) is 0 Å². The zero-order valence-electron chi connectivity index (χ0n) is 4.94. The molecular formula is C6H4BrFIN. The van der Waals surface area contributed by atoms with Crippen LogP contribution in [-0.4, -0.2) is 4.98 Å². The molecule has 0 spiro atoms. The van der Waals surface area contributed by atoms with Gasteiger partial charge in [0.2, 0.25) is 5.95 Å². The van der Waals surface area contributed by atoms with Gasteiger partial charge in [0.25, 0.3) is 0 Å². The van der Waals surface area contributed by atoms with Crippen LogP contribution in [0.5, 0.6) is 0 Å². The molecule has 10 heavy (non-hydrogen) atoms. The smallest absolute Gasteiger partial charge is 0.226 e. The first-order valence-corrected chi connectivity index (χ1v) is 4.80. The number of rotatable bonds is 1. The highest BCUT2D eigenvalue weighted by molar-refractivity contribution is 14.1. The summed E-state index contributed by atoms with van der Waals surface area (Å²) in [6.45, 7) is 0. The average Bonchev–Trinajstić information content (AvgIpc) is 1.95. The van der Waals surface area contributed by atoms with E-state index in [2.05, 4.69) is 20.9 Å². The average molecular weight is 316 g/mol. The SMILES string of the molecule is Fc1nccc(CBr)c1I. The van der Waals surface area contributed by atoms with Crippen molar-refractivity contribution in [3.05, 3.63) is 27.3 Å². The van der Waals surface area contributed by atoms with Gasteiger partial charge < -0.3 is 0 Å². The molecule has 0 aliphatic rings. The number of hydrogen-bond acceptors (Lipinski definition) is 1. The van der Waals surface area contributed by atoms with E-state index in [1.54, 1.807) is 6.07 Å². The number of hydrogen-bond donors (Lipinski definition) is 0. The van der Waals surface area contributed by atoms with Crippen LogP contribution in [0, 0.1) is 9.52 Å². The summed E-state index contributed by atoms with van der Waals surface area (Å²) in [5.41, 5.74) is 0.938. The summed E-state index contributed by atoms with van der Waals surface area (Å²) in [6.07, 6.45) is 1.47. The van der Waals surface area contributed by atoms with E-state index in [9.17, 15) is 4.39 Å². The summed E-state index contributed by atoms with van der Waals surface area (Å²) in [4.78, 5) is 3.49. The predicted molar refractivity (Wildman–Crippen MR) is 49.5 cm³/mol. The molecule has 0 radical (unpaired) electrons. The summed E-state index contributed by atoms with van der Waals surface area (Å²) < 4.78 is 13.2. The monoisotopic (exact) mass is 315 g/mol. The summed E-state index contributed by atoms with van der Waals surface area (Å²) >= 11 is 5.18. The predicted octanol–water partition coefficient (Wildman–Crippen LogP) is 2.72. The molecule has 54 valence electrons. The van der Waals surface area contributed by atoms with E-state index < -0.39 is 5.95 Å². The second kappa shape index (κ2) is 3.61. The third-order valence-corrected chi connectivity index (χ3v) is 2.81. The Balaban J connectivity index is 3.14. The highest BCUT2D eigenvalue weighted by atomic mass is 127. The molecule has 0 aliphatic heterocycles. The minimum atomic E-state index is -0.391. The fourth-order valence-electron chi connectivity index (χ4n) is 0.558. The van der Waals surface area contributed by atoms with Crippen LogP contribution in [-0.2, 0) is 5.33 Å². The maximum absolute atomic E-state index is 12.6. The van der Waals surface area contributed by atoms with Gasteiger partial charge in [0.05, 0.1) is 3.57 Å². The first-order valence-electron chi connectivity index (χ1n) is 2.60. The molecule has 0 bridgehead atoms. The lowest BCUT2D eigenvalue weighted by molar-refractivity contribution is 0.574. The summed E-state index contributed by atoms with van der Waals surface area (Å²) in [7, 11) is 0. The maximum Gasteiger partial charge on any atom is 0.226 e. The topological polar surface area (TPSA) is 12.9 Å². The molecule has 0 aromatic carbocycles. The van der Waals surface area contributed by atoms with Gasteiger partial charge in [-0.05, 0) is 34.2 Å². The Morgan fingerprint density at radius 2 is 2.40 bits per heavy atom. The molecule has 1 heterocycles. The van der Waals surface area contributed by atoms with Crippen LogP contribution in [0.1, 0.15) is 5.56 Å². The van der Waals surface area contributed by atoms with Crippen molar-refractivity contribution in [2.24, 2.45) is 0 Å². The van der Waals surface area contributed by atoms with Crippen LogP contribution >= 0.6 is 38.5 Å². The van der Waals surface area contributed by atoms with Crippen molar-refractivity contribution in [2.45, 2.75) is 5.33 Å². The molecule has 1 nitrogen and oxygen atoms in total. The van der Waals surface area contributed by atoms with E-state index in [4.69, 9.17) is 0 Å². The normalized spacial score (nSPS) is 9.90. The van der Waals surface area contributed by atoms with Crippen LogP contribution in [0.15, 0.2) is 12.3 Å². The van der Waals surface area contributed by atoms with Gasteiger partial charge in [-0.25, -0.2) is 4.98 Å². The Bertz CT molecular complexity index is 241. The molecule has 0 atom stereocenters. The highest BCUT2D eigenvalue weighted by Crippen LogP contribution is 2.15. The zero-order chi connectivity index (χ0) is 7.56. The van der Waals surface area contributed by atoms with Gasteiger partial charge in [-0.3, -0.25) is 0 Å². The van der Waals surface area contributed by atoms with Crippen LogP contribution in [0.4, 0.5) is 4.39 Å². The van der Waals surface area contributed by atoms with E-state index in [1.165, 1.54) is 6.20 Å². The molecule has 0 aliphatic carbocycles. The first-order chi connectivity index (χ1) is 4.75. The van der Waals surface area contributed by atoms with Gasteiger partial charge in [0, 0.05) is 11.5 Å². The summed E-state index contributed by atoms with van der Waals surface area (Å²) in [6, 6.07) is 1.79. The highest BCUT2D eigenvalue weighted by Gasteiger charge is 2.03. The van der Waals surface area contributed by atoms with Crippen LogP contribution in [0.3, 0.4) is 0 Å². The van der Waals surface area contributed by atoms with Gasteiger partial charge in [-0.15, -0.1) is 0 Å². The lowest BCUT2D eigenvalue weighted by atomic mass is 10.3. The minimum Gasteiger partial charge on any atom is -0.227 e. The van der Waals surface area contributed by atoms with E-state index in [0.29, 0.717) is 8.90 Å². The van der Waals surface area contributed by atoms with Crippen molar-refractivity contribution in [1.82, 2.24) is 4.98 Å². The van der Waals surface area contributed by atoms with Crippen molar-refractivity contribution in [2.75, 3.05) is 0 Å². The molecule has 4 heteroatoms. The number of aromatic nitrogens is 1. The fraction of sp³-hybridized carbons (Fsp3) is 0.167. The summed E-state index contributed by atoms with van der Waals surface area (Å²) in [5.74, 6) is -0.391. The Kier molecular flexibility index (Phi) is 3.03. The van der Waals surface area contributed by atoms with Crippen molar-refractivity contribution < 1.29 is 4.39 Å². The quantitative estimate of drug-likeness (QED) is 0.441. The third-order valence-electron chi connectivity index (χ3n) is 1.07. The summed E-state index contributed by atoms with van der Waals surface area (Å²) in [5, 5.41) is 0.671. The maximum atomic E-state index is 12.6. The van der Waals surface area contributed by atoms with Crippen LogP contribution < -0.4 is 0 Å².